The molecule has 90 valence electrons. The van der Waals surface area contributed by atoms with Gasteiger partial charge in [0.1, 0.15) is 0 Å². The Morgan fingerprint density at radius 2 is 2.18 bits per heavy atom. The highest BCUT2D eigenvalue weighted by atomic mass is 79.9. The number of benzene rings is 1. The Kier molecular flexibility index (Phi) is 3.54. The van der Waals surface area contributed by atoms with E-state index in [2.05, 4.69) is 15.9 Å². The van der Waals surface area contributed by atoms with Crippen LogP contribution in [0.3, 0.4) is 0 Å². The summed E-state index contributed by atoms with van der Waals surface area (Å²) in [6.45, 7) is 0. The van der Waals surface area contributed by atoms with Crippen LogP contribution < -0.4 is 4.90 Å². The molecule has 0 saturated heterocycles. The molecule has 0 N–H and O–H groups in total. The van der Waals surface area contributed by atoms with Crippen molar-refractivity contribution >= 4 is 44.9 Å². The monoisotopic (exact) mass is 315 g/mol. The highest BCUT2D eigenvalue weighted by Gasteiger charge is 2.22. The number of amides is 1. The van der Waals surface area contributed by atoms with Crippen LogP contribution in [0.25, 0.3) is 0 Å². The Morgan fingerprint density at radius 3 is 2.82 bits per heavy atom. The lowest BCUT2D eigenvalue weighted by molar-refractivity contribution is -0.118. The summed E-state index contributed by atoms with van der Waals surface area (Å²) in [7, 11) is 1.75. The van der Waals surface area contributed by atoms with Crippen molar-refractivity contribution < 1.29 is 9.59 Å². The molecular formula is C12H11BrClNO2. The van der Waals surface area contributed by atoms with Crippen LogP contribution in [0.5, 0.6) is 0 Å². The standard InChI is InChI=1S/C12H11BrClNO2/c1-15-9-4-2-8(11(17)12(13)14)6-7(9)3-5-10(15)16/h2,4,6,12H,3,5H2,1H3. The Morgan fingerprint density at radius 1 is 1.47 bits per heavy atom. The first kappa shape index (κ1) is 12.6. The van der Waals surface area contributed by atoms with Crippen LogP contribution in [-0.2, 0) is 11.2 Å². The zero-order valence-corrected chi connectivity index (χ0v) is 11.6. The maximum Gasteiger partial charge on any atom is 0.227 e. The van der Waals surface area contributed by atoms with E-state index in [-0.39, 0.29) is 11.7 Å². The van der Waals surface area contributed by atoms with E-state index in [4.69, 9.17) is 11.6 Å². The van der Waals surface area contributed by atoms with Gasteiger partial charge in [0.25, 0.3) is 0 Å². The molecule has 1 aliphatic heterocycles. The van der Waals surface area contributed by atoms with Crippen molar-refractivity contribution in [1.29, 1.82) is 0 Å². The van der Waals surface area contributed by atoms with Crippen molar-refractivity contribution in [1.82, 2.24) is 0 Å². The first-order chi connectivity index (χ1) is 8.00. The fraction of sp³-hybridized carbons (Fsp3) is 0.333. The van der Waals surface area contributed by atoms with Gasteiger partial charge in [-0.15, -0.1) is 11.6 Å². The fourth-order valence-corrected chi connectivity index (χ4v) is 2.33. The summed E-state index contributed by atoms with van der Waals surface area (Å²) in [5.41, 5.74) is 2.46. The molecule has 0 bridgehead atoms. The minimum absolute atomic E-state index is 0.104. The number of nitrogens with zero attached hydrogens (tertiary/aromatic N) is 1. The van der Waals surface area contributed by atoms with E-state index in [1.165, 1.54) is 0 Å². The molecule has 0 aromatic heterocycles. The topological polar surface area (TPSA) is 37.4 Å². The second-order valence-electron chi connectivity index (χ2n) is 3.96. The maximum atomic E-state index is 11.7. The summed E-state index contributed by atoms with van der Waals surface area (Å²) >= 11 is 8.75. The number of hydrogen-bond acceptors (Lipinski definition) is 2. The van der Waals surface area contributed by atoms with Crippen LogP contribution in [0.1, 0.15) is 22.3 Å². The molecule has 17 heavy (non-hydrogen) atoms. The molecular weight excluding hydrogens is 305 g/mol. The molecule has 0 radical (unpaired) electrons. The van der Waals surface area contributed by atoms with Crippen molar-refractivity contribution in [2.75, 3.05) is 11.9 Å². The van der Waals surface area contributed by atoms with Crippen LogP contribution >= 0.6 is 27.5 Å². The van der Waals surface area contributed by atoms with Crippen molar-refractivity contribution in [2.24, 2.45) is 0 Å². The van der Waals surface area contributed by atoms with Gasteiger partial charge in [-0.25, -0.2) is 0 Å². The van der Waals surface area contributed by atoms with Gasteiger partial charge in [-0.05, 0) is 30.2 Å². The molecule has 0 spiro atoms. The number of hydrogen-bond donors (Lipinski definition) is 0. The molecule has 1 aromatic carbocycles. The molecule has 0 aliphatic carbocycles. The number of carbonyl (C=O) groups excluding carboxylic acids is 2. The first-order valence-electron chi connectivity index (χ1n) is 5.22. The summed E-state index contributed by atoms with van der Waals surface area (Å²) in [6.07, 6.45) is 1.16. The molecule has 1 aromatic rings. The van der Waals surface area contributed by atoms with Gasteiger partial charge in [-0.2, -0.15) is 0 Å². The fourth-order valence-electron chi connectivity index (χ4n) is 1.94. The lowest BCUT2D eigenvalue weighted by Crippen LogP contribution is -2.31. The predicted octanol–water partition coefficient (Wildman–Crippen LogP) is 2.74. The summed E-state index contributed by atoms with van der Waals surface area (Å²) in [4.78, 5) is 24.9. The number of rotatable bonds is 2. The molecule has 1 atom stereocenters. The van der Waals surface area contributed by atoms with Crippen LogP contribution in [0.2, 0.25) is 0 Å². The highest BCUT2D eigenvalue weighted by Crippen LogP contribution is 2.28. The number of aryl methyl sites for hydroxylation is 1. The minimum atomic E-state index is -0.705. The Hall–Kier alpha value is -0.870. The van der Waals surface area contributed by atoms with Crippen molar-refractivity contribution in [3.05, 3.63) is 29.3 Å². The largest absolute Gasteiger partial charge is 0.315 e. The molecule has 1 aliphatic rings. The van der Waals surface area contributed by atoms with Gasteiger partial charge in [-0.1, -0.05) is 15.9 Å². The second-order valence-corrected chi connectivity index (χ2v) is 5.84. The van der Waals surface area contributed by atoms with Crippen LogP contribution in [0, 0.1) is 0 Å². The average Bonchev–Trinajstić information content (AvgIpc) is 2.32. The smallest absolute Gasteiger partial charge is 0.227 e. The Balaban J connectivity index is 2.39. The summed E-state index contributed by atoms with van der Waals surface area (Å²) in [5.74, 6) is -0.0543. The quantitative estimate of drug-likeness (QED) is 0.621. The molecule has 0 saturated carbocycles. The van der Waals surface area contributed by atoms with Gasteiger partial charge in [0.15, 0.2) is 10.1 Å². The summed E-state index contributed by atoms with van der Waals surface area (Å²) < 4.78 is -0.705. The number of anilines is 1. The summed E-state index contributed by atoms with van der Waals surface area (Å²) in [5, 5.41) is 0. The number of fused-ring (bicyclic) bond motifs is 1. The second kappa shape index (κ2) is 4.78. The van der Waals surface area contributed by atoms with E-state index in [1.54, 1.807) is 24.1 Å². The van der Waals surface area contributed by atoms with E-state index in [0.717, 1.165) is 11.3 Å². The number of alkyl halides is 2. The molecule has 5 heteroatoms. The predicted molar refractivity (Wildman–Crippen MR) is 71.1 cm³/mol. The van der Waals surface area contributed by atoms with Crippen molar-refractivity contribution in [3.63, 3.8) is 0 Å². The molecule has 2 rings (SSSR count). The highest BCUT2D eigenvalue weighted by molar-refractivity contribution is 9.10. The maximum absolute atomic E-state index is 11.7. The third-order valence-electron chi connectivity index (χ3n) is 2.91. The van der Waals surface area contributed by atoms with Crippen LogP contribution in [0.4, 0.5) is 5.69 Å². The summed E-state index contributed by atoms with van der Waals surface area (Å²) in [6, 6.07) is 5.32. The van der Waals surface area contributed by atoms with Gasteiger partial charge in [0.05, 0.1) is 0 Å². The number of carbonyl (C=O) groups is 2. The number of halogens is 2. The SMILES string of the molecule is CN1C(=O)CCc2cc(C(=O)C(Cl)Br)ccc21. The van der Waals surface area contributed by atoms with Gasteiger partial charge in [-0.3, -0.25) is 9.59 Å². The molecule has 1 unspecified atom stereocenters. The lowest BCUT2D eigenvalue weighted by atomic mass is 9.98. The van der Waals surface area contributed by atoms with E-state index >= 15 is 0 Å². The molecule has 1 amide bonds. The number of Topliss-reactive ketones (excluding diaryl/α,β-unsaturated/α-hetero) is 1. The van der Waals surface area contributed by atoms with Crippen LogP contribution in [-0.4, -0.2) is 23.0 Å². The van der Waals surface area contributed by atoms with E-state index in [9.17, 15) is 9.59 Å². The zero-order chi connectivity index (χ0) is 12.6. The van der Waals surface area contributed by atoms with Crippen molar-refractivity contribution in [3.8, 4) is 0 Å². The van der Waals surface area contributed by atoms with E-state index in [1.807, 2.05) is 6.07 Å². The van der Waals surface area contributed by atoms with Crippen LogP contribution in [0.15, 0.2) is 18.2 Å². The Labute approximate surface area is 113 Å². The normalized spacial score (nSPS) is 16.6. The minimum Gasteiger partial charge on any atom is -0.315 e. The van der Waals surface area contributed by atoms with Gasteiger partial charge in [0.2, 0.25) is 5.91 Å². The van der Waals surface area contributed by atoms with Crippen molar-refractivity contribution in [2.45, 2.75) is 17.1 Å². The zero-order valence-electron chi connectivity index (χ0n) is 9.24. The van der Waals surface area contributed by atoms with Gasteiger partial charge in [0, 0.05) is 24.7 Å². The third-order valence-corrected chi connectivity index (χ3v) is 3.52. The molecule has 3 nitrogen and oxygen atoms in total. The number of ketones is 1. The lowest BCUT2D eigenvalue weighted by Gasteiger charge is -2.26. The average molecular weight is 317 g/mol. The molecule has 1 heterocycles. The molecule has 0 fully saturated rings. The Bertz CT molecular complexity index is 487. The van der Waals surface area contributed by atoms with E-state index in [0.29, 0.717) is 18.4 Å². The van der Waals surface area contributed by atoms with Gasteiger partial charge < -0.3 is 4.90 Å². The van der Waals surface area contributed by atoms with E-state index < -0.39 is 4.29 Å². The third kappa shape index (κ3) is 2.38. The van der Waals surface area contributed by atoms with Gasteiger partial charge >= 0.3 is 0 Å². The first-order valence-corrected chi connectivity index (χ1v) is 6.58.